The van der Waals surface area contributed by atoms with Gasteiger partial charge in [0.05, 0.1) is 6.26 Å². The molecule has 112 valence electrons. The third-order valence-corrected chi connectivity index (χ3v) is 2.29. The van der Waals surface area contributed by atoms with Gasteiger partial charge in [0.25, 0.3) is 5.91 Å². The summed E-state index contributed by atoms with van der Waals surface area (Å²) in [6, 6.07) is 2.38. The number of rotatable bonds is 4. The summed E-state index contributed by atoms with van der Waals surface area (Å²) >= 11 is 0. The molecule has 0 aliphatic heterocycles. The van der Waals surface area contributed by atoms with Gasteiger partial charge in [-0.05, 0) is 32.9 Å². The average Bonchev–Trinajstić information content (AvgIpc) is 2.77. The molecule has 0 bridgehead atoms. The second-order valence-electron chi connectivity index (χ2n) is 5.34. The minimum atomic E-state index is -0.967. The molecule has 7 nitrogen and oxygen atoms in total. The van der Waals surface area contributed by atoms with Crippen molar-refractivity contribution < 1.29 is 24.0 Å². The molecular formula is C13H20N2O5. The second-order valence-corrected chi connectivity index (χ2v) is 5.34. The van der Waals surface area contributed by atoms with Gasteiger partial charge in [-0.1, -0.05) is 0 Å². The zero-order valence-corrected chi connectivity index (χ0v) is 12.0. The van der Waals surface area contributed by atoms with Gasteiger partial charge in [-0.25, -0.2) is 9.86 Å². The lowest BCUT2D eigenvalue weighted by atomic mass is 10.1. The number of likely N-dealkylation sites (N-methyl/N-ethyl adjacent to an activating group) is 1. The summed E-state index contributed by atoms with van der Waals surface area (Å²) in [6.45, 7) is 5.15. The maximum Gasteiger partial charge on any atom is 0.408 e. The zero-order chi connectivity index (χ0) is 15.3. The monoisotopic (exact) mass is 284 g/mol. The number of furan rings is 1. The number of carbonyl (C=O) groups excluding carboxylic acids is 2. The van der Waals surface area contributed by atoms with Gasteiger partial charge in [0.1, 0.15) is 17.4 Å². The number of alkyl carbamates (subject to hydrolysis) is 1. The smallest absolute Gasteiger partial charge is 0.408 e. The van der Waals surface area contributed by atoms with E-state index in [9.17, 15) is 14.8 Å². The first-order chi connectivity index (χ1) is 9.19. The van der Waals surface area contributed by atoms with Crippen LogP contribution in [0, 0.1) is 0 Å². The largest absolute Gasteiger partial charge is 0.469 e. The van der Waals surface area contributed by atoms with Crippen molar-refractivity contribution in [1.29, 1.82) is 0 Å². The molecule has 0 aromatic carbocycles. The molecule has 1 aromatic heterocycles. The number of ether oxygens (including phenoxy) is 1. The Morgan fingerprint density at radius 2 is 2.15 bits per heavy atom. The molecule has 0 saturated carbocycles. The molecule has 0 saturated heterocycles. The Bertz CT molecular complexity index is 448. The number of nitrogens with one attached hydrogen (secondary N) is 1. The predicted molar refractivity (Wildman–Crippen MR) is 70.1 cm³/mol. The van der Waals surface area contributed by atoms with E-state index < -0.39 is 23.6 Å². The number of hydrogen-bond donors (Lipinski definition) is 2. The molecule has 2 N–H and O–H groups in total. The fraction of sp³-hybridized carbons (Fsp3) is 0.538. The molecule has 1 aromatic rings. The molecule has 0 spiro atoms. The molecule has 1 atom stereocenters. The van der Waals surface area contributed by atoms with Crippen LogP contribution < -0.4 is 5.32 Å². The highest BCUT2D eigenvalue weighted by Gasteiger charge is 2.27. The Balaban J connectivity index is 2.73. The highest BCUT2D eigenvalue weighted by atomic mass is 16.6. The van der Waals surface area contributed by atoms with Crippen molar-refractivity contribution in [2.24, 2.45) is 0 Å². The summed E-state index contributed by atoms with van der Waals surface area (Å²) < 4.78 is 10.2. The lowest BCUT2D eigenvalue weighted by Gasteiger charge is -2.23. The average molecular weight is 284 g/mol. The summed E-state index contributed by atoms with van der Waals surface area (Å²) in [4.78, 5) is 23.5. The fourth-order valence-electron chi connectivity index (χ4n) is 1.51. The minimum absolute atomic E-state index is 0.121. The maximum absolute atomic E-state index is 11.8. The van der Waals surface area contributed by atoms with Gasteiger partial charge in [0.15, 0.2) is 0 Å². The molecule has 1 heterocycles. The van der Waals surface area contributed by atoms with Gasteiger partial charge in [0, 0.05) is 13.5 Å². The van der Waals surface area contributed by atoms with Crippen LogP contribution in [0.3, 0.4) is 0 Å². The highest BCUT2D eigenvalue weighted by Crippen LogP contribution is 2.09. The van der Waals surface area contributed by atoms with Crippen LogP contribution in [-0.4, -0.2) is 41.0 Å². The topological polar surface area (TPSA) is 92.0 Å². The van der Waals surface area contributed by atoms with E-state index in [1.807, 2.05) is 0 Å². The minimum Gasteiger partial charge on any atom is -0.469 e. The molecule has 2 amide bonds. The first-order valence-electron chi connectivity index (χ1n) is 6.17. The summed E-state index contributed by atoms with van der Waals surface area (Å²) in [7, 11) is 1.19. The van der Waals surface area contributed by atoms with Crippen molar-refractivity contribution in [1.82, 2.24) is 10.4 Å². The fourth-order valence-corrected chi connectivity index (χ4v) is 1.51. The van der Waals surface area contributed by atoms with Gasteiger partial charge in [-0.15, -0.1) is 0 Å². The quantitative estimate of drug-likeness (QED) is 0.646. The van der Waals surface area contributed by atoms with Crippen LogP contribution in [0.4, 0.5) is 4.79 Å². The van der Waals surface area contributed by atoms with Crippen LogP contribution in [0.2, 0.25) is 0 Å². The summed E-state index contributed by atoms with van der Waals surface area (Å²) in [6.07, 6.45) is 0.854. The predicted octanol–water partition coefficient (Wildman–Crippen LogP) is 1.56. The molecule has 0 aliphatic carbocycles. The van der Waals surface area contributed by atoms with Gasteiger partial charge >= 0.3 is 6.09 Å². The third kappa shape index (κ3) is 5.31. The van der Waals surface area contributed by atoms with Gasteiger partial charge < -0.3 is 14.5 Å². The van der Waals surface area contributed by atoms with Crippen LogP contribution in [0.15, 0.2) is 22.8 Å². The van der Waals surface area contributed by atoms with Crippen molar-refractivity contribution in [2.45, 2.75) is 38.8 Å². The van der Waals surface area contributed by atoms with Crippen molar-refractivity contribution in [3.8, 4) is 0 Å². The standard InChI is InChI=1S/C13H20N2O5/c1-13(2,3)20-12(17)14-10(11(16)15(4)18)8-9-6-5-7-19-9/h5-7,10,18H,8H2,1-4H3,(H,14,17)/t10-/m0/s1. The van der Waals surface area contributed by atoms with E-state index in [-0.39, 0.29) is 6.42 Å². The SMILES string of the molecule is CN(O)C(=O)[C@H](Cc1ccco1)NC(=O)OC(C)(C)C. The van der Waals surface area contributed by atoms with Crippen LogP contribution in [0.25, 0.3) is 0 Å². The van der Waals surface area contributed by atoms with E-state index in [2.05, 4.69) is 5.32 Å². The van der Waals surface area contributed by atoms with Crippen LogP contribution >= 0.6 is 0 Å². The van der Waals surface area contributed by atoms with E-state index in [0.717, 1.165) is 0 Å². The summed E-state index contributed by atoms with van der Waals surface area (Å²) in [5.74, 6) is -0.145. The van der Waals surface area contributed by atoms with E-state index in [1.165, 1.54) is 13.3 Å². The summed E-state index contributed by atoms with van der Waals surface area (Å²) in [5, 5.41) is 12.1. The molecule has 1 rings (SSSR count). The van der Waals surface area contributed by atoms with Crippen molar-refractivity contribution in [3.05, 3.63) is 24.2 Å². The Morgan fingerprint density at radius 1 is 1.50 bits per heavy atom. The van der Waals surface area contributed by atoms with Crippen molar-refractivity contribution in [3.63, 3.8) is 0 Å². The summed E-state index contributed by atoms with van der Waals surface area (Å²) in [5.41, 5.74) is -0.673. The first kappa shape index (κ1) is 16.0. The van der Waals surface area contributed by atoms with E-state index in [4.69, 9.17) is 9.15 Å². The number of amides is 2. The molecule has 0 fully saturated rings. The number of hydrogen-bond acceptors (Lipinski definition) is 5. The normalized spacial score (nSPS) is 12.7. The van der Waals surface area contributed by atoms with Crippen LogP contribution in [0.5, 0.6) is 0 Å². The molecule has 0 aliphatic rings. The highest BCUT2D eigenvalue weighted by molar-refractivity contribution is 5.85. The van der Waals surface area contributed by atoms with Gasteiger partial charge in [-0.2, -0.15) is 0 Å². The molecule has 0 unspecified atom stereocenters. The Labute approximate surface area is 117 Å². The van der Waals surface area contributed by atoms with Crippen molar-refractivity contribution in [2.75, 3.05) is 7.05 Å². The Morgan fingerprint density at radius 3 is 2.60 bits per heavy atom. The van der Waals surface area contributed by atoms with E-state index in [1.54, 1.807) is 32.9 Å². The third-order valence-electron chi connectivity index (χ3n) is 2.29. The van der Waals surface area contributed by atoms with Gasteiger partial charge in [-0.3, -0.25) is 10.0 Å². The number of carbonyl (C=O) groups is 2. The molecular weight excluding hydrogens is 264 g/mol. The van der Waals surface area contributed by atoms with Crippen LogP contribution in [0.1, 0.15) is 26.5 Å². The Hall–Kier alpha value is -2.02. The molecule has 20 heavy (non-hydrogen) atoms. The molecule has 0 radical (unpaired) electrons. The Kier molecular flexibility index (Phi) is 5.15. The van der Waals surface area contributed by atoms with E-state index in [0.29, 0.717) is 10.8 Å². The lowest BCUT2D eigenvalue weighted by Crippen LogP contribution is -2.49. The second kappa shape index (κ2) is 6.42. The van der Waals surface area contributed by atoms with Gasteiger partial charge in [0.2, 0.25) is 0 Å². The van der Waals surface area contributed by atoms with Crippen LogP contribution in [-0.2, 0) is 16.0 Å². The van der Waals surface area contributed by atoms with Crippen molar-refractivity contribution >= 4 is 12.0 Å². The maximum atomic E-state index is 11.8. The zero-order valence-electron chi connectivity index (χ0n) is 12.0. The molecule has 7 heteroatoms. The number of hydroxylamine groups is 2. The lowest BCUT2D eigenvalue weighted by molar-refractivity contribution is -0.161. The first-order valence-corrected chi connectivity index (χ1v) is 6.17. The number of nitrogens with zero attached hydrogens (tertiary/aromatic N) is 1. The van der Waals surface area contributed by atoms with E-state index >= 15 is 0 Å².